The molecule has 0 unspecified atom stereocenters. The van der Waals surface area contributed by atoms with Crippen LogP contribution in [0.25, 0.3) is 0 Å². The molecule has 1 aromatic carbocycles. The quantitative estimate of drug-likeness (QED) is 0.831. The number of fused-ring (bicyclic) bond motifs is 1. The van der Waals surface area contributed by atoms with E-state index in [1.54, 1.807) is 35.6 Å². The van der Waals surface area contributed by atoms with Crippen molar-refractivity contribution in [2.45, 2.75) is 61.5 Å². The molecule has 2 aliphatic rings. The first-order chi connectivity index (χ1) is 12.5. The first kappa shape index (κ1) is 17.7. The SMILES string of the molecule is O=C(Nc1cccc(S(=O)(=O)C2CCCC2)c1)c1cc2c(s1)CCCC2. The molecule has 0 spiro atoms. The van der Waals surface area contributed by atoms with Gasteiger partial charge in [0.15, 0.2) is 9.84 Å². The van der Waals surface area contributed by atoms with Crippen molar-refractivity contribution < 1.29 is 13.2 Å². The highest BCUT2D eigenvalue weighted by Crippen LogP contribution is 2.32. The number of amides is 1. The molecule has 4 nitrogen and oxygen atoms in total. The van der Waals surface area contributed by atoms with Gasteiger partial charge in [0, 0.05) is 10.6 Å². The van der Waals surface area contributed by atoms with Gasteiger partial charge in [-0.1, -0.05) is 18.9 Å². The van der Waals surface area contributed by atoms with Crippen LogP contribution in [0.1, 0.15) is 58.6 Å². The number of thiophene rings is 1. The van der Waals surface area contributed by atoms with Gasteiger partial charge in [-0.05, 0) is 68.4 Å². The van der Waals surface area contributed by atoms with E-state index in [0.717, 1.165) is 38.5 Å². The monoisotopic (exact) mass is 389 g/mol. The fourth-order valence-electron chi connectivity index (χ4n) is 3.94. The number of anilines is 1. The molecule has 0 saturated heterocycles. The van der Waals surface area contributed by atoms with Gasteiger partial charge < -0.3 is 5.32 Å². The van der Waals surface area contributed by atoms with Crippen molar-refractivity contribution in [2.24, 2.45) is 0 Å². The molecule has 138 valence electrons. The van der Waals surface area contributed by atoms with E-state index in [-0.39, 0.29) is 11.2 Å². The largest absolute Gasteiger partial charge is 0.321 e. The average Bonchev–Trinajstić information content (AvgIpc) is 3.32. The van der Waals surface area contributed by atoms with Crippen molar-refractivity contribution >= 4 is 32.8 Å². The highest BCUT2D eigenvalue weighted by Gasteiger charge is 2.30. The van der Waals surface area contributed by atoms with E-state index in [2.05, 4.69) is 5.32 Å². The van der Waals surface area contributed by atoms with Gasteiger partial charge in [-0.15, -0.1) is 11.3 Å². The number of nitrogens with one attached hydrogen (secondary N) is 1. The zero-order valence-electron chi connectivity index (χ0n) is 14.7. The summed E-state index contributed by atoms with van der Waals surface area (Å²) < 4.78 is 25.5. The third-order valence-corrected chi connectivity index (χ3v) is 8.88. The molecule has 1 heterocycles. The zero-order chi connectivity index (χ0) is 18.1. The van der Waals surface area contributed by atoms with Gasteiger partial charge in [0.25, 0.3) is 5.91 Å². The van der Waals surface area contributed by atoms with Crippen LogP contribution in [0, 0.1) is 0 Å². The van der Waals surface area contributed by atoms with Gasteiger partial charge >= 0.3 is 0 Å². The maximum atomic E-state index is 12.8. The Morgan fingerprint density at radius 3 is 2.58 bits per heavy atom. The molecule has 1 aromatic heterocycles. The van der Waals surface area contributed by atoms with Crippen molar-refractivity contribution in [1.29, 1.82) is 0 Å². The smallest absolute Gasteiger partial charge is 0.265 e. The number of hydrogen-bond donors (Lipinski definition) is 1. The Morgan fingerprint density at radius 1 is 1.04 bits per heavy atom. The van der Waals surface area contributed by atoms with Crippen LogP contribution < -0.4 is 5.32 Å². The first-order valence-corrected chi connectivity index (χ1v) is 11.7. The van der Waals surface area contributed by atoms with Gasteiger partial charge in [0.2, 0.25) is 0 Å². The van der Waals surface area contributed by atoms with Crippen LogP contribution in [0.5, 0.6) is 0 Å². The molecule has 1 N–H and O–H groups in total. The summed E-state index contributed by atoms with van der Waals surface area (Å²) in [4.78, 5) is 14.9. The Labute approximate surface area is 158 Å². The van der Waals surface area contributed by atoms with Gasteiger partial charge in [0.05, 0.1) is 15.0 Å². The van der Waals surface area contributed by atoms with Crippen molar-refractivity contribution in [3.63, 3.8) is 0 Å². The maximum Gasteiger partial charge on any atom is 0.265 e. The summed E-state index contributed by atoms with van der Waals surface area (Å²) in [6.45, 7) is 0. The topological polar surface area (TPSA) is 63.2 Å². The highest BCUT2D eigenvalue weighted by molar-refractivity contribution is 7.92. The number of aryl methyl sites for hydroxylation is 2. The molecule has 1 fully saturated rings. The predicted octanol–water partition coefficient (Wildman–Crippen LogP) is 4.60. The molecule has 1 amide bonds. The second-order valence-electron chi connectivity index (χ2n) is 7.20. The summed E-state index contributed by atoms with van der Waals surface area (Å²) in [7, 11) is -3.31. The third-order valence-electron chi connectivity index (χ3n) is 5.38. The Kier molecular flexibility index (Phi) is 4.88. The number of benzene rings is 1. The molecular formula is C20H23NO3S2. The molecule has 26 heavy (non-hydrogen) atoms. The lowest BCUT2D eigenvalue weighted by Gasteiger charge is -2.12. The third kappa shape index (κ3) is 3.45. The predicted molar refractivity (Wildman–Crippen MR) is 105 cm³/mol. The van der Waals surface area contributed by atoms with E-state index >= 15 is 0 Å². The molecular weight excluding hydrogens is 366 g/mol. The molecule has 0 atom stereocenters. The Hall–Kier alpha value is -1.66. The molecule has 2 aromatic rings. The molecule has 1 saturated carbocycles. The number of sulfone groups is 1. The summed E-state index contributed by atoms with van der Waals surface area (Å²) in [5, 5.41) is 2.60. The Morgan fingerprint density at radius 2 is 1.81 bits per heavy atom. The van der Waals surface area contributed by atoms with Gasteiger partial charge in [0.1, 0.15) is 0 Å². The molecule has 4 rings (SSSR count). The summed E-state index contributed by atoms with van der Waals surface area (Å²) >= 11 is 1.56. The lowest BCUT2D eigenvalue weighted by Crippen LogP contribution is -2.18. The van der Waals surface area contributed by atoms with Gasteiger partial charge in [-0.3, -0.25) is 4.79 Å². The Bertz CT molecular complexity index is 901. The number of carbonyl (C=O) groups is 1. The molecule has 0 bridgehead atoms. The molecule has 2 aliphatic carbocycles. The summed E-state index contributed by atoms with van der Waals surface area (Å²) in [6, 6.07) is 8.68. The number of rotatable bonds is 4. The maximum absolute atomic E-state index is 12.8. The second kappa shape index (κ2) is 7.16. The highest BCUT2D eigenvalue weighted by atomic mass is 32.2. The van der Waals surface area contributed by atoms with E-state index < -0.39 is 9.84 Å². The van der Waals surface area contributed by atoms with Crippen LogP contribution >= 0.6 is 11.3 Å². The first-order valence-electron chi connectivity index (χ1n) is 9.31. The van der Waals surface area contributed by atoms with Crippen LogP contribution in [0.4, 0.5) is 5.69 Å². The van der Waals surface area contributed by atoms with E-state index in [1.165, 1.54) is 23.3 Å². The molecule has 0 aliphatic heterocycles. The summed E-state index contributed by atoms with van der Waals surface area (Å²) in [6.07, 6.45) is 7.91. The van der Waals surface area contributed by atoms with Crippen LogP contribution in [0.2, 0.25) is 0 Å². The average molecular weight is 390 g/mol. The molecule has 6 heteroatoms. The fraction of sp³-hybridized carbons (Fsp3) is 0.450. The minimum Gasteiger partial charge on any atom is -0.321 e. The molecule has 0 radical (unpaired) electrons. The van der Waals surface area contributed by atoms with Crippen molar-refractivity contribution in [1.82, 2.24) is 0 Å². The summed E-state index contributed by atoms with van der Waals surface area (Å²) in [5.41, 5.74) is 1.84. The minimum atomic E-state index is -3.31. The summed E-state index contributed by atoms with van der Waals surface area (Å²) in [5.74, 6) is -0.153. The standard InChI is InChI=1S/C20H23NO3S2/c22-20(19-12-14-6-1-4-11-18(14)25-19)21-15-7-5-10-17(13-15)26(23,24)16-8-2-3-9-16/h5,7,10,12-13,16H,1-4,6,8-9,11H2,(H,21,22). The van der Waals surface area contributed by atoms with E-state index in [0.29, 0.717) is 15.5 Å². The lowest BCUT2D eigenvalue weighted by atomic mass is 9.99. The fourth-order valence-corrected chi connectivity index (χ4v) is 6.98. The number of hydrogen-bond acceptors (Lipinski definition) is 4. The Balaban J connectivity index is 1.53. The van der Waals surface area contributed by atoms with Crippen LogP contribution in [0.15, 0.2) is 35.2 Å². The van der Waals surface area contributed by atoms with Crippen molar-refractivity contribution in [2.75, 3.05) is 5.32 Å². The van der Waals surface area contributed by atoms with E-state index in [1.807, 2.05) is 6.07 Å². The zero-order valence-corrected chi connectivity index (χ0v) is 16.3. The normalized spacial score (nSPS) is 17.8. The second-order valence-corrected chi connectivity index (χ2v) is 10.6. The van der Waals surface area contributed by atoms with Gasteiger partial charge in [-0.2, -0.15) is 0 Å². The van der Waals surface area contributed by atoms with Crippen molar-refractivity contribution in [3.05, 3.63) is 45.6 Å². The van der Waals surface area contributed by atoms with Crippen LogP contribution in [0.3, 0.4) is 0 Å². The van der Waals surface area contributed by atoms with Crippen LogP contribution in [-0.4, -0.2) is 19.6 Å². The van der Waals surface area contributed by atoms with E-state index in [9.17, 15) is 13.2 Å². The lowest BCUT2D eigenvalue weighted by molar-refractivity contribution is 0.103. The van der Waals surface area contributed by atoms with Gasteiger partial charge in [-0.25, -0.2) is 8.42 Å². The number of carbonyl (C=O) groups excluding carboxylic acids is 1. The van der Waals surface area contributed by atoms with Crippen LogP contribution in [-0.2, 0) is 22.7 Å². The van der Waals surface area contributed by atoms with E-state index in [4.69, 9.17) is 0 Å². The minimum absolute atomic E-state index is 0.153. The van der Waals surface area contributed by atoms with Crippen molar-refractivity contribution in [3.8, 4) is 0 Å².